The van der Waals surface area contributed by atoms with Gasteiger partial charge in [0.1, 0.15) is 0 Å². The number of halogens is 3. The van der Waals surface area contributed by atoms with Gasteiger partial charge in [-0.15, -0.1) is 0 Å². The number of H-pyrrole nitrogens is 1. The van der Waals surface area contributed by atoms with Crippen molar-refractivity contribution >= 4 is 16.8 Å². The van der Waals surface area contributed by atoms with Crippen LogP contribution in [0.25, 0.3) is 22.0 Å². The SMILES string of the molecule is O=C(c1cc(-c2ccc3[nH]ccc3c2)cc(C(F)(F)F)c1)N1CCC(c2cccnc2)C1. The molecule has 1 saturated heterocycles. The van der Waals surface area contributed by atoms with Gasteiger partial charge in [0.25, 0.3) is 5.91 Å². The van der Waals surface area contributed by atoms with E-state index in [1.165, 1.54) is 0 Å². The Hall–Kier alpha value is -3.61. The number of fused-ring (bicyclic) bond motifs is 1. The van der Waals surface area contributed by atoms with E-state index in [4.69, 9.17) is 0 Å². The zero-order valence-corrected chi connectivity index (χ0v) is 17.1. The number of benzene rings is 2. The molecule has 1 aliphatic heterocycles. The number of nitrogens with one attached hydrogen (secondary N) is 1. The standard InChI is InChI=1S/C25H20F3N3O/c26-25(27,28)22-12-20(16-3-4-23-17(10-16)5-8-30-23)11-21(13-22)24(32)31-9-6-19(15-31)18-2-1-7-29-14-18/h1-5,7-8,10-14,19,30H,6,9,15H2. The van der Waals surface area contributed by atoms with Crippen molar-refractivity contribution in [2.75, 3.05) is 13.1 Å². The predicted molar refractivity (Wildman–Crippen MR) is 116 cm³/mol. The second-order valence-corrected chi connectivity index (χ2v) is 8.10. The molecule has 4 aromatic rings. The number of alkyl halides is 3. The Labute approximate surface area is 182 Å². The molecule has 32 heavy (non-hydrogen) atoms. The van der Waals surface area contributed by atoms with Gasteiger partial charge in [-0.2, -0.15) is 13.2 Å². The largest absolute Gasteiger partial charge is 0.416 e. The molecule has 162 valence electrons. The minimum Gasteiger partial charge on any atom is -0.361 e. The fourth-order valence-electron chi connectivity index (χ4n) is 4.33. The van der Waals surface area contributed by atoms with Crippen LogP contribution in [-0.2, 0) is 6.18 Å². The number of aromatic amines is 1. The number of aromatic nitrogens is 2. The van der Waals surface area contributed by atoms with Gasteiger partial charge in [-0.25, -0.2) is 0 Å². The molecule has 4 nitrogen and oxygen atoms in total. The lowest BCUT2D eigenvalue weighted by Gasteiger charge is -2.19. The van der Waals surface area contributed by atoms with Crippen LogP contribution in [0.4, 0.5) is 13.2 Å². The number of carbonyl (C=O) groups is 1. The molecule has 1 unspecified atom stereocenters. The topological polar surface area (TPSA) is 49.0 Å². The molecule has 1 N–H and O–H groups in total. The first kappa shape index (κ1) is 20.3. The summed E-state index contributed by atoms with van der Waals surface area (Å²) in [5.74, 6) is -0.250. The molecule has 1 aliphatic rings. The third-order valence-corrected chi connectivity index (χ3v) is 6.03. The summed E-state index contributed by atoms with van der Waals surface area (Å²) in [6.45, 7) is 0.963. The van der Waals surface area contributed by atoms with Crippen LogP contribution in [0.3, 0.4) is 0 Å². The van der Waals surface area contributed by atoms with E-state index in [-0.39, 0.29) is 17.4 Å². The number of hydrogen-bond donors (Lipinski definition) is 1. The molecule has 0 spiro atoms. The van der Waals surface area contributed by atoms with Crippen LogP contribution in [0, 0.1) is 0 Å². The Morgan fingerprint density at radius 2 is 1.94 bits per heavy atom. The van der Waals surface area contributed by atoms with Crippen molar-refractivity contribution in [3.8, 4) is 11.1 Å². The summed E-state index contributed by atoms with van der Waals surface area (Å²) < 4.78 is 41.0. The molecule has 0 radical (unpaired) electrons. The molecule has 1 fully saturated rings. The van der Waals surface area contributed by atoms with Crippen molar-refractivity contribution in [3.63, 3.8) is 0 Å². The Morgan fingerprint density at radius 3 is 2.72 bits per heavy atom. The number of hydrogen-bond acceptors (Lipinski definition) is 2. The maximum absolute atomic E-state index is 13.7. The molecule has 5 rings (SSSR count). The zero-order chi connectivity index (χ0) is 22.3. The molecule has 1 atom stereocenters. The van der Waals surface area contributed by atoms with Gasteiger partial charge < -0.3 is 9.88 Å². The van der Waals surface area contributed by atoms with E-state index in [0.29, 0.717) is 24.2 Å². The quantitative estimate of drug-likeness (QED) is 0.437. The van der Waals surface area contributed by atoms with Crippen LogP contribution < -0.4 is 0 Å². The Bertz CT molecular complexity index is 1280. The van der Waals surface area contributed by atoms with E-state index < -0.39 is 11.7 Å². The number of pyridine rings is 1. The van der Waals surface area contributed by atoms with Crippen LogP contribution in [0.5, 0.6) is 0 Å². The highest BCUT2D eigenvalue weighted by Gasteiger charge is 2.34. The number of amides is 1. The van der Waals surface area contributed by atoms with Crippen molar-refractivity contribution in [1.82, 2.24) is 14.9 Å². The van der Waals surface area contributed by atoms with Crippen LogP contribution in [0.15, 0.2) is 73.2 Å². The molecule has 3 heterocycles. The third-order valence-electron chi connectivity index (χ3n) is 6.03. The summed E-state index contributed by atoms with van der Waals surface area (Å²) >= 11 is 0. The average Bonchev–Trinajstić information content (AvgIpc) is 3.47. The van der Waals surface area contributed by atoms with E-state index in [1.54, 1.807) is 35.6 Å². The van der Waals surface area contributed by atoms with Crippen LogP contribution in [-0.4, -0.2) is 33.9 Å². The van der Waals surface area contributed by atoms with Crippen molar-refractivity contribution in [1.29, 1.82) is 0 Å². The minimum absolute atomic E-state index is 0.0517. The maximum Gasteiger partial charge on any atom is 0.416 e. The molecule has 0 aliphatic carbocycles. The number of carbonyl (C=O) groups excluding carboxylic acids is 1. The predicted octanol–water partition coefficient (Wildman–Crippen LogP) is 5.88. The summed E-state index contributed by atoms with van der Waals surface area (Å²) in [4.78, 5) is 22.0. The van der Waals surface area contributed by atoms with E-state index in [9.17, 15) is 18.0 Å². The first-order chi connectivity index (χ1) is 15.4. The first-order valence-electron chi connectivity index (χ1n) is 10.4. The van der Waals surface area contributed by atoms with Gasteiger partial charge in [-0.1, -0.05) is 12.1 Å². The monoisotopic (exact) mass is 435 g/mol. The highest BCUT2D eigenvalue weighted by Crippen LogP contribution is 2.35. The lowest BCUT2D eigenvalue weighted by Crippen LogP contribution is -2.28. The van der Waals surface area contributed by atoms with Gasteiger partial charge in [0, 0.05) is 48.7 Å². The first-order valence-corrected chi connectivity index (χ1v) is 10.4. The maximum atomic E-state index is 13.7. The van der Waals surface area contributed by atoms with Crippen molar-refractivity contribution < 1.29 is 18.0 Å². The van der Waals surface area contributed by atoms with E-state index in [0.717, 1.165) is 35.0 Å². The third kappa shape index (κ3) is 3.86. The molecule has 2 aromatic heterocycles. The number of rotatable bonds is 3. The summed E-state index contributed by atoms with van der Waals surface area (Å²) in [6, 6.07) is 14.7. The van der Waals surface area contributed by atoms with Gasteiger partial charge in [0.2, 0.25) is 0 Å². The highest BCUT2D eigenvalue weighted by atomic mass is 19.4. The zero-order valence-electron chi connectivity index (χ0n) is 17.1. The molecular formula is C25H20F3N3O. The summed E-state index contributed by atoms with van der Waals surface area (Å²) in [7, 11) is 0. The second kappa shape index (κ2) is 7.82. The smallest absolute Gasteiger partial charge is 0.361 e. The Balaban J connectivity index is 1.49. The molecule has 0 saturated carbocycles. The minimum atomic E-state index is -4.55. The number of nitrogens with zero attached hydrogens (tertiary/aromatic N) is 2. The molecule has 2 aromatic carbocycles. The Morgan fingerprint density at radius 1 is 1.06 bits per heavy atom. The van der Waals surface area contributed by atoms with E-state index in [2.05, 4.69) is 9.97 Å². The van der Waals surface area contributed by atoms with Gasteiger partial charge >= 0.3 is 6.18 Å². The average molecular weight is 435 g/mol. The van der Waals surface area contributed by atoms with Gasteiger partial charge in [-0.05, 0) is 71.0 Å². The van der Waals surface area contributed by atoms with Gasteiger partial charge in [0.05, 0.1) is 5.56 Å². The van der Waals surface area contributed by atoms with Crippen LogP contribution >= 0.6 is 0 Å². The van der Waals surface area contributed by atoms with Crippen LogP contribution in [0.1, 0.15) is 33.8 Å². The fourth-order valence-corrected chi connectivity index (χ4v) is 4.33. The van der Waals surface area contributed by atoms with Crippen molar-refractivity contribution in [2.45, 2.75) is 18.5 Å². The lowest BCUT2D eigenvalue weighted by molar-refractivity contribution is -0.137. The van der Waals surface area contributed by atoms with Gasteiger partial charge in [0.15, 0.2) is 0 Å². The van der Waals surface area contributed by atoms with Gasteiger partial charge in [-0.3, -0.25) is 9.78 Å². The second-order valence-electron chi connectivity index (χ2n) is 8.10. The number of likely N-dealkylation sites (tertiary alicyclic amines) is 1. The van der Waals surface area contributed by atoms with Crippen LogP contribution in [0.2, 0.25) is 0 Å². The highest BCUT2D eigenvalue weighted by molar-refractivity contribution is 5.96. The summed E-state index contributed by atoms with van der Waals surface area (Å²) in [5.41, 5.74) is 2.16. The van der Waals surface area contributed by atoms with E-state index >= 15 is 0 Å². The Kier molecular flexibility index (Phi) is 4.96. The fraction of sp³-hybridized carbons (Fsp3) is 0.200. The summed E-state index contributed by atoms with van der Waals surface area (Å²) in [5, 5.41) is 0.895. The van der Waals surface area contributed by atoms with Crippen molar-refractivity contribution in [2.24, 2.45) is 0 Å². The van der Waals surface area contributed by atoms with Crippen molar-refractivity contribution in [3.05, 3.63) is 89.9 Å². The van der Waals surface area contributed by atoms with E-state index in [1.807, 2.05) is 30.3 Å². The molecule has 7 heteroatoms. The normalized spacial score (nSPS) is 16.6. The molecular weight excluding hydrogens is 415 g/mol. The lowest BCUT2D eigenvalue weighted by atomic mass is 9.98. The molecule has 1 amide bonds. The molecule has 0 bridgehead atoms. The summed E-state index contributed by atoms with van der Waals surface area (Å²) in [6.07, 6.45) is 1.45.